The molecule has 1 aliphatic carbocycles. The van der Waals surface area contributed by atoms with E-state index in [0.717, 1.165) is 31.4 Å². The molecule has 1 fully saturated rings. The van der Waals surface area contributed by atoms with Gasteiger partial charge < -0.3 is 10.6 Å². The Balaban J connectivity index is 2.01. The van der Waals surface area contributed by atoms with E-state index in [1.807, 2.05) is 12.1 Å². The fraction of sp³-hybridized carbons (Fsp3) is 0.467. The second kappa shape index (κ2) is 4.93. The first kappa shape index (κ1) is 12.0. The molecule has 0 bridgehead atoms. The van der Waals surface area contributed by atoms with Crippen molar-refractivity contribution in [1.82, 2.24) is 0 Å². The summed E-state index contributed by atoms with van der Waals surface area (Å²) in [5, 5.41) is 15.6. The number of hydrogen-bond acceptors (Lipinski definition) is 3. The number of hydrogen-bond donors (Lipinski definition) is 2. The van der Waals surface area contributed by atoms with Gasteiger partial charge in [-0.15, -0.1) is 0 Å². The third-order valence-corrected chi connectivity index (χ3v) is 4.13. The van der Waals surface area contributed by atoms with E-state index in [9.17, 15) is 4.79 Å². The molecule has 4 heteroatoms. The highest BCUT2D eigenvalue weighted by atomic mass is 16.2. The largest absolute Gasteiger partial charge is 0.380 e. The lowest BCUT2D eigenvalue weighted by Gasteiger charge is -2.22. The molecule has 4 nitrogen and oxygen atoms in total. The number of carbonyl (C=O) groups is 1. The molecule has 0 spiro atoms. The van der Waals surface area contributed by atoms with Crippen molar-refractivity contribution in [2.75, 3.05) is 10.6 Å². The van der Waals surface area contributed by atoms with Crippen LogP contribution in [-0.2, 0) is 4.79 Å². The van der Waals surface area contributed by atoms with Crippen LogP contribution in [0.4, 0.5) is 11.4 Å². The molecule has 98 valence electrons. The lowest BCUT2D eigenvalue weighted by molar-refractivity contribution is -0.120. The zero-order chi connectivity index (χ0) is 13.2. The number of nitrogens with one attached hydrogen (secondary N) is 2. The lowest BCUT2D eigenvalue weighted by Crippen LogP contribution is -2.34. The van der Waals surface area contributed by atoms with Crippen molar-refractivity contribution in [2.24, 2.45) is 5.92 Å². The van der Waals surface area contributed by atoms with Gasteiger partial charge in [-0.3, -0.25) is 4.79 Å². The Labute approximate surface area is 112 Å². The van der Waals surface area contributed by atoms with Crippen molar-refractivity contribution in [3.63, 3.8) is 0 Å². The van der Waals surface area contributed by atoms with Gasteiger partial charge in [-0.2, -0.15) is 5.26 Å². The predicted molar refractivity (Wildman–Crippen MR) is 73.8 cm³/mol. The van der Waals surface area contributed by atoms with Gasteiger partial charge in [-0.05, 0) is 25.0 Å². The Morgan fingerprint density at radius 2 is 2.05 bits per heavy atom. The van der Waals surface area contributed by atoms with Gasteiger partial charge in [-0.25, -0.2) is 0 Å². The summed E-state index contributed by atoms with van der Waals surface area (Å²) < 4.78 is 0. The van der Waals surface area contributed by atoms with Crippen molar-refractivity contribution >= 4 is 17.3 Å². The summed E-state index contributed by atoms with van der Waals surface area (Å²) in [5.41, 5.74) is 2.04. The highest BCUT2D eigenvalue weighted by molar-refractivity contribution is 5.99. The zero-order valence-corrected chi connectivity index (χ0v) is 10.8. The second-order valence-corrected chi connectivity index (χ2v) is 5.32. The van der Waals surface area contributed by atoms with E-state index in [-0.39, 0.29) is 17.9 Å². The molecule has 2 N–H and O–H groups in total. The van der Waals surface area contributed by atoms with E-state index in [1.165, 1.54) is 6.42 Å². The lowest BCUT2D eigenvalue weighted by atomic mass is 9.94. The Hall–Kier alpha value is -2.02. The summed E-state index contributed by atoms with van der Waals surface area (Å²) in [6.07, 6.45) is 5.42. The maximum Gasteiger partial charge on any atom is 0.229 e. The first-order chi connectivity index (χ1) is 9.29. The summed E-state index contributed by atoms with van der Waals surface area (Å²) in [6, 6.07) is 7.86. The van der Waals surface area contributed by atoms with Gasteiger partial charge in [0.15, 0.2) is 0 Å². The molecule has 2 unspecified atom stereocenters. The predicted octanol–water partition coefficient (Wildman–Crippen LogP) is 2.87. The Bertz CT molecular complexity index is 547. The SMILES string of the molecule is N#Cc1cccc2c1NC(=O)C1CCCCCC1N2. The Morgan fingerprint density at radius 1 is 1.21 bits per heavy atom. The number of benzene rings is 1. The molecule has 0 saturated heterocycles. The molecular formula is C15H17N3O. The van der Waals surface area contributed by atoms with Crippen LogP contribution in [0, 0.1) is 17.2 Å². The van der Waals surface area contributed by atoms with Crippen LogP contribution in [-0.4, -0.2) is 11.9 Å². The molecule has 0 aromatic heterocycles. The van der Waals surface area contributed by atoms with Crippen molar-refractivity contribution in [1.29, 1.82) is 5.26 Å². The number of fused-ring (bicyclic) bond motifs is 2. The fourth-order valence-electron chi connectivity index (χ4n) is 3.11. The van der Waals surface area contributed by atoms with Crippen LogP contribution in [0.3, 0.4) is 0 Å². The summed E-state index contributed by atoms with van der Waals surface area (Å²) >= 11 is 0. The molecule has 1 heterocycles. The highest BCUT2D eigenvalue weighted by Gasteiger charge is 2.33. The summed E-state index contributed by atoms with van der Waals surface area (Å²) in [6.45, 7) is 0. The summed E-state index contributed by atoms with van der Waals surface area (Å²) in [4.78, 5) is 12.4. The summed E-state index contributed by atoms with van der Waals surface area (Å²) in [5.74, 6) is 0.0716. The Morgan fingerprint density at radius 3 is 2.89 bits per heavy atom. The minimum Gasteiger partial charge on any atom is -0.380 e. The number of rotatable bonds is 0. The zero-order valence-electron chi connectivity index (χ0n) is 10.8. The van der Waals surface area contributed by atoms with Crippen molar-refractivity contribution in [3.05, 3.63) is 23.8 Å². The van der Waals surface area contributed by atoms with Gasteiger partial charge in [0, 0.05) is 6.04 Å². The number of amides is 1. The number of nitrogens with zero attached hydrogens (tertiary/aromatic N) is 1. The number of anilines is 2. The standard InChI is InChI=1S/C15H17N3O/c16-9-10-5-4-8-13-14(10)18-15(19)11-6-2-1-3-7-12(11)17-13/h4-5,8,11-12,17H,1-3,6-7H2,(H,18,19). The van der Waals surface area contributed by atoms with Gasteiger partial charge in [0.1, 0.15) is 6.07 Å². The minimum atomic E-state index is 0.0152. The normalized spacial score (nSPS) is 25.7. The molecular weight excluding hydrogens is 238 g/mol. The maximum absolute atomic E-state index is 12.4. The number of carbonyl (C=O) groups excluding carboxylic acids is 1. The molecule has 2 atom stereocenters. The first-order valence-electron chi connectivity index (χ1n) is 6.90. The van der Waals surface area contributed by atoms with Crippen LogP contribution in [0.2, 0.25) is 0 Å². The number of nitriles is 1. The van der Waals surface area contributed by atoms with E-state index in [1.54, 1.807) is 6.07 Å². The van der Waals surface area contributed by atoms with E-state index in [4.69, 9.17) is 5.26 Å². The van der Waals surface area contributed by atoms with Gasteiger partial charge in [0.05, 0.1) is 22.9 Å². The van der Waals surface area contributed by atoms with Crippen LogP contribution in [0.15, 0.2) is 18.2 Å². The maximum atomic E-state index is 12.4. The topological polar surface area (TPSA) is 64.9 Å². The molecule has 19 heavy (non-hydrogen) atoms. The quantitative estimate of drug-likeness (QED) is 0.749. The van der Waals surface area contributed by atoms with Gasteiger partial charge in [0.2, 0.25) is 5.91 Å². The molecule has 1 aromatic rings. The minimum absolute atomic E-state index is 0.0152. The highest BCUT2D eigenvalue weighted by Crippen LogP contribution is 2.35. The second-order valence-electron chi connectivity index (χ2n) is 5.32. The van der Waals surface area contributed by atoms with Crippen LogP contribution < -0.4 is 10.6 Å². The molecule has 2 aliphatic rings. The monoisotopic (exact) mass is 255 g/mol. The van der Waals surface area contributed by atoms with Crippen molar-refractivity contribution in [2.45, 2.75) is 38.1 Å². The first-order valence-corrected chi connectivity index (χ1v) is 6.90. The van der Waals surface area contributed by atoms with Crippen LogP contribution in [0.1, 0.15) is 37.7 Å². The molecule has 1 saturated carbocycles. The van der Waals surface area contributed by atoms with Crippen molar-refractivity contribution < 1.29 is 4.79 Å². The van der Waals surface area contributed by atoms with Gasteiger partial charge in [0.25, 0.3) is 0 Å². The average Bonchev–Trinajstić information content (AvgIpc) is 2.71. The van der Waals surface area contributed by atoms with Gasteiger partial charge >= 0.3 is 0 Å². The van der Waals surface area contributed by atoms with Gasteiger partial charge in [-0.1, -0.05) is 25.3 Å². The molecule has 1 amide bonds. The smallest absolute Gasteiger partial charge is 0.229 e. The fourth-order valence-corrected chi connectivity index (χ4v) is 3.11. The molecule has 1 aliphatic heterocycles. The van der Waals surface area contributed by atoms with E-state index in [0.29, 0.717) is 11.3 Å². The average molecular weight is 255 g/mol. The van der Waals surface area contributed by atoms with E-state index < -0.39 is 0 Å². The molecule has 0 radical (unpaired) electrons. The molecule has 3 rings (SSSR count). The Kier molecular flexibility index (Phi) is 3.12. The van der Waals surface area contributed by atoms with Crippen LogP contribution in [0.25, 0.3) is 0 Å². The number of para-hydroxylation sites is 1. The van der Waals surface area contributed by atoms with E-state index in [2.05, 4.69) is 16.7 Å². The summed E-state index contributed by atoms with van der Waals surface area (Å²) in [7, 11) is 0. The third kappa shape index (κ3) is 2.17. The van der Waals surface area contributed by atoms with Crippen molar-refractivity contribution in [3.8, 4) is 6.07 Å². The third-order valence-electron chi connectivity index (χ3n) is 4.13. The van der Waals surface area contributed by atoms with E-state index >= 15 is 0 Å². The van der Waals surface area contributed by atoms with Crippen LogP contribution >= 0.6 is 0 Å². The van der Waals surface area contributed by atoms with Crippen LogP contribution in [0.5, 0.6) is 0 Å². The molecule has 1 aromatic carbocycles.